The molecule has 2 aliphatic rings. The highest BCUT2D eigenvalue weighted by atomic mass is 15.4. The van der Waals surface area contributed by atoms with Crippen molar-refractivity contribution in [2.45, 2.75) is 6.92 Å². The van der Waals surface area contributed by atoms with Gasteiger partial charge in [-0.3, -0.25) is 19.0 Å². The molecule has 0 spiro atoms. The van der Waals surface area contributed by atoms with E-state index in [0.29, 0.717) is 0 Å². The lowest BCUT2D eigenvalue weighted by atomic mass is 10.2. The maximum absolute atomic E-state index is 3.65. The molecule has 0 fully saturated rings. The second kappa shape index (κ2) is 6.71. The maximum atomic E-state index is 3.65. The van der Waals surface area contributed by atoms with Crippen molar-refractivity contribution in [2.24, 2.45) is 0 Å². The Morgan fingerprint density at radius 2 is 1.71 bits per heavy atom. The Bertz CT molecular complexity index is 678. The van der Waals surface area contributed by atoms with Crippen LogP contribution in [-0.2, 0) is 0 Å². The molecule has 0 amide bonds. The number of benzene rings is 1. The van der Waals surface area contributed by atoms with E-state index < -0.39 is 0 Å². The van der Waals surface area contributed by atoms with Gasteiger partial charge in [-0.05, 0) is 19.1 Å². The predicted octanol–water partition coefficient (Wildman–Crippen LogP) is 0.812. The third kappa shape index (κ3) is 2.92. The first kappa shape index (κ1) is 16.6. The van der Waals surface area contributed by atoms with Gasteiger partial charge >= 0.3 is 11.9 Å². The topological polar surface area (TPSA) is 27.8 Å². The summed E-state index contributed by atoms with van der Waals surface area (Å²) >= 11 is 0. The van der Waals surface area contributed by atoms with Gasteiger partial charge in [0.2, 0.25) is 0 Å². The average molecular weight is 330 g/mol. The van der Waals surface area contributed by atoms with E-state index in [1.807, 2.05) is 0 Å². The number of likely N-dealkylation sites (N-methyl/N-ethyl adjacent to an activating group) is 4. The van der Waals surface area contributed by atoms with Gasteiger partial charge in [-0.25, -0.2) is 10.2 Å². The van der Waals surface area contributed by atoms with Gasteiger partial charge in [0, 0.05) is 0 Å². The van der Waals surface area contributed by atoms with Gasteiger partial charge < -0.3 is 0 Å². The molecule has 6 heteroatoms. The molecule has 130 valence electrons. The predicted molar refractivity (Wildman–Crippen MR) is 100 cm³/mol. The van der Waals surface area contributed by atoms with Crippen molar-refractivity contribution in [3.63, 3.8) is 0 Å². The molecule has 0 atom stereocenters. The minimum atomic E-state index is 0.934. The van der Waals surface area contributed by atoms with E-state index in [9.17, 15) is 0 Å². The third-order valence-corrected chi connectivity index (χ3v) is 4.95. The average Bonchev–Trinajstić information content (AvgIpc) is 3.07. The SMILES string of the molecule is CCN(C1=[N+](C)CCN1C)c1ccccc1NC1=[N+](C)CCN1C. The fourth-order valence-electron chi connectivity index (χ4n) is 3.55. The smallest absolute Gasteiger partial charge is 0.264 e. The summed E-state index contributed by atoms with van der Waals surface area (Å²) in [6.07, 6.45) is 0. The number of nitrogens with zero attached hydrogens (tertiary/aromatic N) is 5. The highest BCUT2D eigenvalue weighted by Crippen LogP contribution is 2.27. The second-order valence-electron chi connectivity index (χ2n) is 6.70. The zero-order chi connectivity index (χ0) is 17.3. The molecule has 1 N–H and O–H groups in total. The molecule has 3 rings (SSSR count). The number of rotatable bonds is 3. The number of guanidine groups is 2. The van der Waals surface area contributed by atoms with Gasteiger partial charge in [0.15, 0.2) is 0 Å². The van der Waals surface area contributed by atoms with Crippen molar-refractivity contribution in [3.05, 3.63) is 24.3 Å². The van der Waals surface area contributed by atoms with Crippen molar-refractivity contribution in [3.8, 4) is 0 Å². The Kier molecular flexibility index (Phi) is 4.64. The van der Waals surface area contributed by atoms with E-state index in [-0.39, 0.29) is 0 Å². The minimum Gasteiger partial charge on any atom is -0.264 e. The van der Waals surface area contributed by atoms with Crippen LogP contribution in [0.3, 0.4) is 0 Å². The van der Waals surface area contributed by atoms with Crippen LogP contribution in [0, 0.1) is 0 Å². The van der Waals surface area contributed by atoms with E-state index in [2.05, 4.69) is 88.5 Å². The molecule has 0 unspecified atom stereocenters. The van der Waals surface area contributed by atoms with Gasteiger partial charge in [-0.15, -0.1) is 0 Å². The van der Waals surface area contributed by atoms with Crippen LogP contribution in [0.1, 0.15) is 6.92 Å². The lowest BCUT2D eigenvalue weighted by molar-refractivity contribution is -0.487. The molecule has 6 nitrogen and oxygen atoms in total. The minimum absolute atomic E-state index is 0.934. The van der Waals surface area contributed by atoms with Gasteiger partial charge in [-0.1, -0.05) is 12.1 Å². The van der Waals surface area contributed by atoms with Crippen LogP contribution in [0.15, 0.2) is 24.3 Å². The van der Waals surface area contributed by atoms with Crippen LogP contribution < -0.4 is 10.2 Å². The van der Waals surface area contributed by atoms with Gasteiger partial charge in [0.25, 0.3) is 0 Å². The first-order chi connectivity index (χ1) is 11.5. The van der Waals surface area contributed by atoms with E-state index in [4.69, 9.17) is 0 Å². The first-order valence-corrected chi connectivity index (χ1v) is 8.75. The lowest BCUT2D eigenvalue weighted by Crippen LogP contribution is -2.43. The monoisotopic (exact) mass is 330 g/mol. The van der Waals surface area contributed by atoms with E-state index in [0.717, 1.165) is 44.4 Å². The Labute approximate surface area is 145 Å². The summed E-state index contributed by atoms with van der Waals surface area (Å²) in [6, 6.07) is 8.59. The Balaban J connectivity index is 1.97. The molecule has 0 saturated carbocycles. The van der Waals surface area contributed by atoms with Crippen LogP contribution in [-0.4, -0.2) is 91.8 Å². The van der Waals surface area contributed by atoms with E-state index >= 15 is 0 Å². The van der Waals surface area contributed by atoms with Gasteiger partial charge in [-0.2, -0.15) is 0 Å². The molecular weight excluding hydrogens is 300 g/mol. The Morgan fingerprint density at radius 1 is 1.04 bits per heavy atom. The Morgan fingerprint density at radius 3 is 2.29 bits per heavy atom. The number of hydrogen-bond donors (Lipinski definition) is 1. The van der Waals surface area contributed by atoms with Gasteiger partial charge in [0.1, 0.15) is 11.4 Å². The summed E-state index contributed by atoms with van der Waals surface area (Å²) in [7, 11) is 8.62. The summed E-state index contributed by atoms with van der Waals surface area (Å²) < 4.78 is 4.61. The zero-order valence-corrected chi connectivity index (χ0v) is 15.6. The van der Waals surface area contributed by atoms with Crippen molar-refractivity contribution in [2.75, 3.05) is 71.1 Å². The molecule has 1 aromatic rings. The van der Waals surface area contributed by atoms with Crippen molar-refractivity contribution in [1.82, 2.24) is 9.80 Å². The largest absolute Gasteiger partial charge is 0.355 e. The van der Waals surface area contributed by atoms with Crippen molar-refractivity contribution < 1.29 is 9.15 Å². The first-order valence-electron chi connectivity index (χ1n) is 8.75. The van der Waals surface area contributed by atoms with Crippen LogP contribution in [0.25, 0.3) is 0 Å². The van der Waals surface area contributed by atoms with Crippen molar-refractivity contribution in [1.29, 1.82) is 0 Å². The molecule has 0 bridgehead atoms. The molecular formula is C18H30N6+2. The Hall–Kier alpha value is -2.24. The van der Waals surface area contributed by atoms with Crippen LogP contribution in [0.2, 0.25) is 0 Å². The molecule has 0 saturated heterocycles. The molecule has 0 aliphatic carbocycles. The molecule has 24 heavy (non-hydrogen) atoms. The summed E-state index contributed by atoms with van der Waals surface area (Å²) in [5, 5.41) is 3.65. The van der Waals surface area contributed by atoms with Crippen LogP contribution in [0.4, 0.5) is 11.4 Å². The second-order valence-corrected chi connectivity index (χ2v) is 6.70. The van der Waals surface area contributed by atoms with Crippen LogP contribution in [0.5, 0.6) is 0 Å². The lowest BCUT2D eigenvalue weighted by Gasteiger charge is -2.23. The maximum Gasteiger partial charge on any atom is 0.355 e. The number of hydrogen-bond acceptors (Lipinski definition) is 4. The molecule has 2 aliphatic heterocycles. The van der Waals surface area contributed by atoms with E-state index in [1.54, 1.807) is 0 Å². The normalized spacial score (nSPS) is 18.0. The van der Waals surface area contributed by atoms with E-state index in [1.165, 1.54) is 11.6 Å². The standard InChI is InChI=1S/C18H29N6/c1-6-24(18-22(4)13-14-23(18)5)16-10-8-7-9-15(16)19-17-20(2)11-12-21(17)3/h7-10H,6,11-14H2,1-5H3/q+1/p+1. The quantitative estimate of drug-likeness (QED) is 0.830. The van der Waals surface area contributed by atoms with Gasteiger partial charge in [0.05, 0.1) is 60.9 Å². The number of anilines is 2. The fraction of sp³-hybridized carbons (Fsp3) is 0.556. The highest BCUT2D eigenvalue weighted by Gasteiger charge is 2.33. The molecule has 2 heterocycles. The molecule has 1 aromatic carbocycles. The molecule has 0 radical (unpaired) electrons. The van der Waals surface area contributed by atoms with Crippen LogP contribution >= 0.6 is 0 Å². The summed E-state index contributed by atoms with van der Waals surface area (Å²) in [4.78, 5) is 7.00. The molecule has 0 aromatic heterocycles. The third-order valence-electron chi connectivity index (χ3n) is 4.95. The number of para-hydroxylation sites is 2. The zero-order valence-electron chi connectivity index (χ0n) is 15.6. The summed E-state index contributed by atoms with van der Waals surface area (Å²) in [5.41, 5.74) is 2.37. The highest BCUT2D eigenvalue weighted by molar-refractivity contribution is 6.00. The summed E-state index contributed by atoms with van der Waals surface area (Å²) in [5.74, 6) is 2.43. The number of nitrogens with one attached hydrogen (secondary N) is 1. The fourth-order valence-corrected chi connectivity index (χ4v) is 3.55. The van der Waals surface area contributed by atoms with Crippen molar-refractivity contribution >= 4 is 23.3 Å². The summed E-state index contributed by atoms with van der Waals surface area (Å²) in [6.45, 7) is 7.40.